The number of hydrogen-bond acceptors (Lipinski definition) is 5. The smallest absolute Gasteiger partial charge is 0.161 e. The summed E-state index contributed by atoms with van der Waals surface area (Å²) in [6.07, 6.45) is 6.76. The molecule has 33 heavy (non-hydrogen) atoms. The van der Waals surface area contributed by atoms with Gasteiger partial charge in [0.1, 0.15) is 12.4 Å². The summed E-state index contributed by atoms with van der Waals surface area (Å²) < 4.78 is 17.4. The second-order valence-electron chi connectivity index (χ2n) is 9.13. The van der Waals surface area contributed by atoms with Crippen molar-refractivity contribution >= 4 is 0 Å². The first kappa shape index (κ1) is 23.4. The molecule has 5 heteroatoms. The van der Waals surface area contributed by atoms with Gasteiger partial charge in [0.05, 0.1) is 19.9 Å². The van der Waals surface area contributed by atoms with Gasteiger partial charge in [-0.15, -0.1) is 0 Å². The molecule has 0 radical (unpaired) electrons. The summed E-state index contributed by atoms with van der Waals surface area (Å²) in [5.41, 5.74) is 8.24. The van der Waals surface area contributed by atoms with Gasteiger partial charge in [0.15, 0.2) is 11.5 Å². The largest absolute Gasteiger partial charge is 0.493 e. The van der Waals surface area contributed by atoms with Crippen LogP contribution in [0.3, 0.4) is 0 Å². The van der Waals surface area contributed by atoms with Crippen LogP contribution in [0, 0.1) is 11.8 Å². The molecule has 2 N–H and O–H groups in total. The third kappa shape index (κ3) is 6.86. The van der Waals surface area contributed by atoms with Crippen molar-refractivity contribution in [3.8, 4) is 11.5 Å². The summed E-state index contributed by atoms with van der Waals surface area (Å²) in [7, 11) is 1.70. The summed E-state index contributed by atoms with van der Waals surface area (Å²) in [6.45, 7) is 4.05. The molecular weight excluding hydrogens is 412 g/mol. The fraction of sp³-hybridized carbons (Fsp3) is 0.429. The highest BCUT2D eigenvalue weighted by Crippen LogP contribution is 2.32. The number of methoxy groups -OCH3 is 1. The summed E-state index contributed by atoms with van der Waals surface area (Å²) in [6, 6.07) is 20.5. The Morgan fingerprint density at radius 3 is 2.36 bits per heavy atom. The zero-order valence-electron chi connectivity index (χ0n) is 19.6. The highest BCUT2D eigenvalue weighted by Gasteiger charge is 2.23. The lowest BCUT2D eigenvalue weighted by Crippen LogP contribution is -2.32. The van der Waals surface area contributed by atoms with Crippen molar-refractivity contribution in [2.24, 2.45) is 17.6 Å². The van der Waals surface area contributed by atoms with Gasteiger partial charge in [-0.2, -0.15) is 0 Å². The van der Waals surface area contributed by atoms with Crippen LogP contribution in [0.4, 0.5) is 0 Å². The lowest BCUT2D eigenvalue weighted by Gasteiger charge is -2.32. The maximum Gasteiger partial charge on any atom is 0.161 e. The summed E-state index contributed by atoms with van der Waals surface area (Å²) in [5.74, 6) is 3.94. The van der Waals surface area contributed by atoms with E-state index < -0.39 is 0 Å². The SMILES string of the molecule is COc1cc(CN(Cc2ccco2)CC2CCC(CN)CC2)ccc1OCc1ccccc1. The van der Waals surface area contributed by atoms with E-state index in [4.69, 9.17) is 19.6 Å². The first-order valence-corrected chi connectivity index (χ1v) is 12.0. The van der Waals surface area contributed by atoms with Crippen molar-refractivity contribution in [2.45, 2.75) is 45.4 Å². The normalized spacial score (nSPS) is 18.4. The minimum Gasteiger partial charge on any atom is -0.493 e. The number of hydrogen-bond donors (Lipinski definition) is 1. The summed E-state index contributed by atoms with van der Waals surface area (Å²) in [4.78, 5) is 2.49. The van der Waals surface area contributed by atoms with Crippen LogP contribution in [0.25, 0.3) is 0 Å². The van der Waals surface area contributed by atoms with Gasteiger partial charge in [-0.05, 0) is 79.5 Å². The topological polar surface area (TPSA) is 60.9 Å². The predicted molar refractivity (Wildman–Crippen MR) is 131 cm³/mol. The third-order valence-corrected chi connectivity index (χ3v) is 6.65. The van der Waals surface area contributed by atoms with Crippen LogP contribution in [0.5, 0.6) is 11.5 Å². The van der Waals surface area contributed by atoms with Gasteiger partial charge in [0, 0.05) is 13.1 Å². The molecule has 1 aliphatic rings. The molecule has 4 rings (SSSR count). The third-order valence-electron chi connectivity index (χ3n) is 6.65. The Bertz CT molecular complexity index is 951. The number of benzene rings is 2. The molecule has 0 aliphatic heterocycles. The van der Waals surface area contributed by atoms with Gasteiger partial charge in [0.2, 0.25) is 0 Å². The summed E-state index contributed by atoms with van der Waals surface area (Å²) in [5, 5.41) is 0. The van der Waals surface area contributed by atoms with Gasteiger partial charge in [-0.25, -0.2) is 0 Å². The molecule has 2 aromatic carbocycles. The molecule has 176 valence electrons. The van der Waals surface area contributed by atoms with Gasteiger partial charge in [-0.3, -0.25) is 4.90 Å². The van der Waals surface area contributed by atoms with Crippen molar-refractivity contribution < 1.29 is 13.9 Å². The molecule has 5 nitrogen and oxygen atoms in total. The first-order chi connectivity index (χ1) is 16.2. The zero-order valence-corrected chi connectivity index (χ0v) is 19.6. The molecule has 1 aliphatic carbocycles. The van der Waals surface area contributed by atoms with Crippen LogP contribution >= 0.6 is 0 Å². The number of nitrogens with zero attached hydrogens (tertiary/aromatic N) is 1. The van der Waals surface area contributed by atoms with E-state index in [0.717, 1.165) is 49.0 Å². The average molecular weight is 449 g/mol. The van der Waals surface area contributed by atoms with Crippen LogP contribution in [-0.2, 0) is 19.7 Å². The summed E-state index contributed by atoms with van der Waals surface area (Å²) >= 11 is 0. The fourth-order valence-corrected chi connectivity index (χ4v) is 4.75. The van der Waals surface area contributed by atoms with Crippen LogP contribution in [0.2, 0.25) is 0 Å². The van der Waals surface area contributed by atoms with E-state index in [-0.39, 0.29) is 0 Å². The van der Waals surface area contributed by atoms with Gasteiger partial charge < -0.3 is 19.6 Å². The Hall–Kier alpha value is -2.76. The Kier molecular flexibility index (Phi) is 8.45. The predicted octanol–water partition coefficient (Wildman–Crippen LogP) is 5.63. The lowest BCUT2D eigenvalue weighted by molar-refractivity contribution is 0.161. The molecule has 3 aromatic rings. The van der Waals surface area contributed by atoms with Crippen LogP contribution in [0.15, 0.2) is 71.3 Å². The number of nitrogens with two attached hydrogens (primary N) is 1. The highest BCUT2D eigenvalue weighted by molar-refractivity contribution is 5.43. The molecule has 0 bridgehead atoms. The number of ether oxygens (including phenoxy) is 2. The van der Waals surface area contributed by atoms with Crippen molar-refractivity contribution in [2.75, 3.05) is 20.2 Å². The Balaban J connectivity index is 1.42. The highest BCUT2D eigenvalue weighted by atomic mass is 16.5. The van der Waals surface area contributed by atoms with Crippen molar-refractivity contribution in [1.82, 2.24) is 4.90 Å². The standard InChI is InChI=1S/C28H36N2O3/c1-31-28-16-25(13-14-27(28)33-21-24-6-3-2-4-7-24)19-30(20-26-8-5-15-32-26)18-23-11-9-22(17-29)10-12-23/h2-8,13-16,22-23H,9-12,17-21,29H2,1H3. The molecule has 1 heterocycles. The molecule has 0 amide bonds. The van der Waals surface area contributed by atoms with E-state index in [1.54, 1.807) is 13.4 Å². The van der Waals surface area contributed by atoms with Gasteiger partial charge in [0.25, 0.3) is 0 Å². The second kappa shape index (κ2) is 11.9. The van der Waals surface area contributed by atoms with Crippen LogP contribution in [-0.4, -0.2) is 25.1 Å². The first-order valence-electron chi connectivity index (χ1n) is 12.0. The molecule has 0 saturated heterocycles. The fourth-order valence-electron chi connectivity index (χ4n) is 4.75. The van der Waals surface area contributed by atoms with Crippen LogP contribution < -0.4 is 15.2 Å². The van der Waals surface area contributed by atoms with E-state index in [2.05, 4.69) is 35.2 Å². The van der Waals surface area contributed by atoms with E-state index in [1.807, 2.05) is 30.3 Å². The maximum absolute atomic E-state index is 6.04. The zero-order chi connectivity index (χ0) is 22.9. The molecule has 0 unspecified atom stereocenters. The minimum atomic E-state index is 0.520. The quantitative estimate of drug-likeness (QED) is 0.412. The molecular formula is C28H36N2O3. The Morgan fingerprint density at radius 1 is 0.879 bits per heavy atom. The average Bonchev–Trinajstić information content (AvgIpc) is 3.37. The molecule has 0 atom stereocenters. The lowest BCUT2D eigenvalue weighted by atomic mass is 9.82. The Labute approximate surface area is 197 Å². The maximum atomic E-state index is 6.04. The molecule has 1 aromatic heterocycles. The van der Waals surface area contributed by atoms with Crippen molar-refractivity contribution in [1.29, 1.82) is 0 Å². The molecule has 1 saturated carbocycles. The van der Waals surface area contributed by atoms with E-state index in [9.17, 15) is 0 Å². The molecule has 1 fully saturated rings. The number of furan rings is 1. The van der Waals surface area contributed by atoms with E-state index in [1.165, 1.54) is 31.2 Å². The van der Waals surface area contributed by atoms with Crippen molar-refractivity contribution in [3.05, 3.63) is 83.8 Å². The monoisotopic (exact) mass is 448 g/mol. The van der Waals surface area contributed by atoms with Gasteiger partial charge >= 0.3 is 0 Å². The Morgan fingerprint density at radius 2 is 1.67 bits per heavy atom. The van der Waals surface area contributed by atoms with E-state index >= 15 is 0 Å². The van der Waals surface area contributed by atoms with E-state index in [0.29, 0.717) is 18.4 Å². The van der Waals surface area contributed by atoms with Crippen molar-refractivity contribution in [3.63, 3.8) is 0 Å². The van der Waals surface area contributed by atoms with Gasteiger partial charge in [-0.1, -0.05) is 36.4 Å². The minimum absolute atomic E-state index is 0.520. The second-order valence-corrected chi connectivity index (χ2v) is 9.13. The van der Waals surface area contributed by atoms with Crippen LogP contribution in [0.1, 0.15) is 42.6 Å². The number of rotatable bonds is 11. The molecule has 0 spiro atoms.